The molecular weight excluding hydrogens is 328 g/mol. The molecule has 2 rings (SSSR count). The molecule has 2 aromatic carbocycles. The van der Waals surface area contributed by atoms with E-state index in [9.17, 15) is 18.0 Å². The second kappa shape index (κ2) is 6.84. The summed E-state index contributed by atoms with van der Waals surface area (Å²) in [6, 6.07) is 10.8. The summed E-state index contributed by atoms with van der Waals surface area (Å²) in [4.78, 5) is 22.7. The maximum absolute atomic E-state index is 12.6. The Morgan fingerprint density at radius 2 is 1.67 bits per heavy atom. The quantitative estimate of drug-likeness (QED) is 0.814. The predicted molar refractivity (Wildman–Crippen MR) is 92.7 cm³/mol. The Hall–Kier alpha value is -2.67. The number of hydrogen-bond acceptors (Lipinski definition) is 4. The van der Waals surface area contributed by atoms with Crippen molar-refractivity contribution in [1.82, 2.24) is 0 Å². The van der Waals surface area contributed by atoms with Crippen LogP contribution < -0.4 is 10.0 Å². The second-order valence-corrected chi connectivity index (χ2v) is 7.10. The normalized spacial score (nSPS) is 11.0. The van der Waals surface area contributed by atoms with E-state index in [1.54, 1.807) is 24.3 Å². The van der Waals surface area contributed by atoms with Gasteiger partial charge in [-0.2, -0.15) is 0 Å². The minimum Gasteiger partial charge on any atom is -0.325 e. The van der Waals surface area contributed by atoms with Crippen LogP contribution in [0.2, 0.25) is 0 Å². The number of hydrogen-bond donors (Lipinski definition) is 2. The third-order valence-corrected chi connectivity index (χ3v) is 4.64. The average Bonchev–Trinajstić information content (AvgIpc) is 2.49. The number of sulfonamides is 1. The Labute approximate surface area is 140 Å². The largest absolute Gasteiger partial charge is 0.325 e. The van der Waals surface area contributed by atoms with E-state index in [1.807, 2.05) is 6.92 Å². The van der Waals surface area contributed by atoms with Crippen molar-refractivity contribution in [1.29, 1.82) is 0 Å². The smallest absolute Gasteiger partial charge is 0.261 e. The molecule has 1 amide bonds. The minimum absolute atomic E-state index is 0.0227. The Morgan fingerprint density at radius 3 is 2.29 bits per heavy atom. The van der Waals surface area contributed by atoms with Gasteiger partial charge >= 0.3 is 0 Å². The monoisotopic (exact) mass is 346 g/mol. The second-order valence-electron chi connectivity index (χ2n) is 5.42. The number of Topliss-reactive ketones (excluding diaryl/α,β-unsaturated/α-hetero) is 1. The molecule has 0 aliphatic rings. The number of carbonyl (C=O) groups excluding carboxylic acids is 2. The van der Waals surface area contributed by atoms with E-state index in [1.165, 1.54) is 32.0 Å². The number of nitrogens with one attached hydrogen (secondary N) is 2. The lowest BCUT2D eigenvalue weighted by molar-refractivity contribution is -0.114. The van der Waals surface area contributed by atoms with Gasteiger partial charge in [0.2, 0.25) is 5.91 Å². The Kier molecular flexibility index (Phi) is 5.04. The number of carbonyl (C=O) groups is 2. The summed E-state index contributed by atoms with van der Waals surface area (Å²) in [6.45, 7) is 4.52. The van der Waals surface area contributed by atoms with Crippen molar-refractivity contribution in [2.24, 2.45) is 0 Å². The number of rotatable bonds is 5. The molecule has 0 aliphatic carbocycles. The van der Waals surface area contributed by atoms with E-state index in [2.05, 4.69) is 10.0 Å². The number of benzene rings is 2. The molecule has 6 nitrogen and oxygen atoms in total. The molecule has 0 fully saturated rings. The van der Waals surface area contributed by atoms with E-state index >= 15 is 0 Å². The number of aryl methyl sites for hydroxylation is 1. The summed E-state index contributed by atoms with van der Waals surface area (Å²) < 4.78 is 27.6. The molecule has 0 saturated carbocycles. The molecule has 0 atom stereocenters. The maximum Gasteiger partial charge on any atom is 0.261 e. The van der Waals surface area contributed by atoms with Gasteiger partial charge in [-0.25, -0.2) is 8.42 Å². The van der Waals surface area contributed by atoms with Crippen LogP contribution in [0.25, 0.3) is 0 Å². The molecule has 0 spiro atoms. The molecule has 0 heterocycles. The van der Waals surface area contributed by atoms with E-state index in [0.717, 1.165) is 5.56 Å². The Bertz CT molecular complexity index is 905. The van der Waals surface area contributed by atoms with Crippen LogP contribution in [0.4, 0.5) is 11.4 Å². The van der Waals surface area contributed by atoms with Gasteiger partial charge in [-0.1, -0.05) is 18.2 Å². The van der Waals surface area contributed by atoms with E-state index in [-0.39, 0.29) is 22.3 Å². The van der Waals surface area contributed by atoms with Gasteiger partial charge in [0, 0.05) is 12.5 Å². The summed E-state index contributed by atoms with van der Waals surface area (Å²) in [5.74, 6) is -0.528. The van der Waals surface area contributed by atoms with Crippen molar-refractivity contribution in [2.75, 3.05) is 10.0 Å². The summed E-state index contributed by atoms with van der Waals surface area (Å²) in [5.41, 5.74) is 1.77. The van der Waals surface area contributed by atoms with Crippen molar-refractivity contribution in [3.8, 4) is 0 Å². The molecule has 0 saturated heterocycles. The van der Waals surface area contributed by atoms with Gasteiger partial charge < -0.3 is 5.32 Å². The van der Waals surface area contributed by atoms with Crippen molar-refractivity contribution in [3.05, 3.63) is 53.6 Å². The van der Waals surface area contributed by atoms with E-state index in [4.69, 9.17) is 0 Å². The molecule has 0 aromatic heterocycles. The zero-order chi connectivity index (χ0) is 17.9. The van der Waals surface area contributed by atoms with Crippen LogP contribution in [0.15, 0.2) is 47.4 Å². The summed E-state index contributed by atoms with van der Waals surface area (Å²) >= 11 is 0. The highest BCUT2D eigenvalue weighted by atomic mass is 32.2. The fraction of sp³-hybridized carbons (Fsp3) is 0.176. The molecule has 2 aromatic rings. The summed E-state index contributed by atoms with van der Waals surface area (Å²) in [7, 11) is -3.90. The van der Waals surface area contributed by atoms with Crippen molar-refractivity contribution in [2.45, 2.75) is 25.7 Å². The lowest BCUT2D eigenvalue weighted by atomic mass is 10.2. The molecule has 0 aliphatic heterocycles. The molecule has 7 heteroatoms. The Balaban J connectivity index is 2.42. The fourth-order valence-corrected chi connectivity index (χ4v) is 3.24. The van der Waals surface area contributed by atoms with E-state index in [0.29, 0.717) is 11.3 Å². The first kappa shape index (κ1) is 17.7. The zero-order valence-corrected chi connectivity index (χ0v) is 14.4. The van der Waals surface area contributed by atoms with Crippen molar-refractivity contribution >= 4 is 33.1 Å². The van der Waals surface area contributed by atoms with Crippen molar-refractivity contribution < 1.29 is 18.0 Å². The molecule has 2 N–H and O–H groups in total. The summed E-state index contributed by atoms with van der Waals surface area (Å²) in [5, 5.41) is 2.58. The highest BCUT2D eigenvalue weighted by Crippen LogP contribution is 2.26. The standard InChI is InChI=1S/C17H18N2O4S/c1-11-7-8-16(18-13(3)21)17(9-11)19-24(22,23)15-6-4-5-14(10-15)12(2)20/h4-10,19H,1-3H3,(H,18,21). The third kappa shape index (κ3) is 4.20. The van der Waals surface area contributed by atoms with Gasteiger partial charge in [0.1, 0.15) is 0 Å². The highest BCUT2D eigenvalue weighted by Gasteiger charge is 2.17. The Morgan fingerprint density at radius 1 is 0.958 bits per heavy atom. The predicted octanol–water partition coefficient (Wildman–Crippen LogP) is 2.96. The molecule has 0 radical (unpaired) electrons. The molecule has 24 heavy (non-hydrogen) atoms. The topological polar surface area (TPSA) is 92.3 Å². The molecule has 126 valence electrons. The molecule has 0 unspecified atom stereocenters. The van der Waals surface area contributed by atoms with Gasteiger partial charge in [-0.05, 0) is 43.7 Å². The molecular formula is C17H18N2O4S. The van der Waals surface area contributed by atoms with Crippen molar-refractivity contribution in [3.63, 3.8) is 0 Å². The highest BCUT2D eigenvalue weighted by molar-refractivity contribution is 7.92. The first-order valence-electron chi connectivity index (χ1n) is 7.21. The van der Waals surface area contributed by atoms with Crippen LogP contribution in [0.1, 0.15) is 29.8 Å². The van der Waals surface area contributed by atoms with Crippen LogP contribution in [0, 0.1) is 6.92 Å². The lowest BCUT2D eigenvalue weighted by Crippen LogP contribution is -2.16. The maximum atomic E-state index is 12.6. The first-order valence-corrected chi connectivity index (χ1v) is 8.69. The van der Waals surface area contributed by atoms with Crippen LogP contribution >= 0.6 is 0 Å². The van der Waals surface area contributed by atoms with Crippen LogP contribution in [0.3, 0.4) is 0 Å². The van der Waals surface area contributed by atoms with Gasteiger partial charge in [-0.15, -0.1) is 0 Å². The van der Waals surface area contributed by atoms with Gasteiger partial charge in [0.25, 0.3) is 10.0 Å². The lowest BCUT2D eigenvalue weighted by Gasteiger charge is -2.14. The third-order valence-electron chi connectivity index (χ3n) is 3.28. The number of ketones is 1. The van der Waals surface area contributed by atoms with Crippen LogP contribution in [-0.2, 0) is 14.8 Å². The SMILES string of the molecule is CC(=O)Nc1ccc(C)cc1NS(=O)(=O)c1cccc(C(C)=O)c1. The molecule has 0 bridgehead atoms. The average molecular weight is 346 g/mol. The van der Waals surface area contributed by atoms with E-state index < -0.39 is 10.0 Å². The van der Waals surface area contributed by atoms with Crippen LogP contribution in [0.5, 0.6) is 0 Å². The number of anilines is 2. The fourth-order valence-electron chi connectivity index (χ4n) is 2.13. The van der Waals surface area contributed by atoms with Gasteiger partial charge in [0.15, 0.2) is 5.78 Å². The first-order chi connectivity index (χ1) is 11.2. The number of amides is 1. The minimum atomic E-state index is -3.90. The van der Waals surface area contributed by atoms with Crippen LogP contribution in [-0.4, -0.2) is 20.1 Å². The van der Waals surface area contributed by atoms with Gasteiger partial charge in [-0.3, -0.25) is 14.3 Å². The summed E-state index contributed by atoms with van der Waals surface area (Å²) in [6.07, 6.45) is 0. The zero-order valence-electron chi connectivity index (χ0n) is 13.6. The van der Waals surface area contributed by atoms with Gasteiger partial charge in [0.05, 0.1) is 16.3 Å².